The van der Waals surface area contributed by atoms with E-state index in [0.717, 1.165) is 5.56 Å². The Morgan fingerprint density at radius 2 is 1.86 bits per heavy atom. The minimum atomic E-state index is -1.13. The van der Waals surface area contributed by atoms with Gasteiger partial charge in [-0.15, -0.1) is 0 Å². The van der Waals surface area contributed by atoms with E-state index >= 15 is 0 Å². The molecule has 0 aliphatic heterocycles. The van der Waals surface area contributed by atoms with Crippen LogP contribution >= 0.6 is 11.6 Å². The zero-order valence-electron chi connectivity index (χ0n) is 19.8. The number of carbonyl (C=O) groups is 2. The molecule has 0 unspecified atom stereocenters. The molecule has 4 aromatic rings. The summed E-state index contributed by atoms with van der Waals surface area (Å²) in [6.07, 6.45) is 5.12. The number of anilines is 2. The van der Waals surface area contributed by atoms with Crippen molar-refractivity contribution in [2.45, 2.75) is 13.3 Å². The molecule has 0 saturated heterocycles. The minimum absolute atomic E-state index is 0.0118. The molecule has 0 atom stereocenters. The van der Waals surface area contributed by atoms with Crippen molar-refractivity contribution >= 4 is 40.6 Å². The summed E-state index contributed by atoms with van der Waals surface area (Å²) in [6, 6.07) is 7.93. The number of amides is 2. The highest BCUT2D eigenvalue weighted by Crippen LogP contribution is 2.30. The number of hydrogen-bond donors (Lipinski definition) is 4. The summed E-state index contributed by atoms with van der Waals surface area (Å²) in [5, 5.41) is 8.24. The van der Waals surface area contributed by atoms with Crippen molar-refractivity contribution in [1.29, 1.82) is 0 Å². The first-order chi connectivity index (χ1) is 17.8. The van der Waals surface area contributed by atoms with Crippen LogP contribution in [-0.4, -0.2) is 45.8 Å². The minimum Gasteiger partial charge on any atom is -0.353 e. The van der Waals surface area contributed by atoms with Gasteiger partial charge in [-0.2, -0.15) is 0 Å². The van der Waals surface area contributed by atoms with Crippen LogP contribution < -0.4 is 21.7 Å². The molecule has 0 spiro atoms. The lowest BCUT2D eigenvalue weighted by Crippen LogP contribution is -2.37. The van der Waals surface area contributed by atoms with E-state index in [4.69, 9.17) is 17.3 Å². The third kappa shape index (κ3) is 5.52. The highest BCUT2D eigenvalue weighted by atomic mass is 35.5. The van der Waals surface area contributed by atoms with Crippen LogP contribution in [0.4, 0.5) is 20.3 Å². The average Bonchev–Trinajstić information content (AvgIpc) is 3.34. The second-order valence-electron chi connectivity index (χ2n) is 8.00. The molecule has 37 heavy (non-hydrogen) atoms. The molecule has 2 amide bonds. The van der Waals surface area contributed by atoms with Crippen molar-refractivity contribution in [2.75, 3.05) is 25.0 Å². The van der Waals surface area contributed by atoms with Crippen molar-refractivity contribution in [3.63, 3.8) is 0 Å². The Hall–Kier alpha value is -4.09. The molecule has 12 heteroatoms. The van der Waals surface area contributed by atoms with Crippen molar-refractivity contribution in [1.82, 2.24) is 25.0 Å². The van der Waals surface area contributed by atoms with Gasteiger partial charge in [0.05, 0.1) is 23.5 Å². The molecule has 0 aliphatic carbocycles. The van der Waals surface area contributed by atoms with Gasteiger partial charge in [0.15, 0.2) is 23.1 Å². The highest BCUT2D eigenvalue weighted by Gasteiger charge is 2.18. The predicted octanol–water partition coefficient (Wildman–Crippen LogP) is 3.44. The lowest BCUT2D eigenvalue weighted by Gasteiger charge is -2.13. The normalized spacial score (nSPS) is 10.9. The van der Waals surface area contributed by atoms with E-state index in [1.54, 1.807) is 22.7 Å². The van der Waals surface area contributed by atoms with Gasteiger partial charge in [0.1, 0.15) is 0 Å². The molecule has 5 N–H and O–H groups in total. The molecule has 2 aromatic carbocycles. The van der Waals surface area contributed by atoms with Crippen LogP contribution in [-0.2, 0) is 11.2 Å². The van der Waals surface area contributed by atoms with Gasteiger partial charge in [-0.3, -0.25) is 14.0 Å². The lowest BCUT2D eigenvalue weighted by atomic mass is 10.0. The van der Waals surface area contributed by atoms with Crippen LogP contribution in [0.1, 0.15) is 22.8 Å². The maximum absolute atomic E-state index is 14.5. The summed E-state index contributed by atoms with van der Waals surface area (Å²) in [4.78, 5) is 32.5. The van der Waals surface area contributed by atoms with E-state index in [9.17, 15) is 18.4 Å². The van der Waals surface area contributed by atoms with Gasteiger partial charge in [-0.1, -0.05) is 18.5 Å². The monoisotopic (exact) mass is 527 g/mol. The van der Waals surface area contributed by atoms with Gasteiger partial charge < -0.3 is 21.7 Å². The van der Waals surface area contributed by atoms with Gasteiger partial charge in [-0.25, -0.2) is 18.7 Å². The standard InChI is InChI=1S/C25H24ClF2N7O2/c1-2-14-11-15(3-4-16(14)25(37)32-8-7-30-20(36)12-29)34-23-24-33-13-19(35(24)10-9-31-23)17-5-6-18(26)22(28)21(17)27/h3-6,9-11,13H,2,7-8,12,29H2,1H3,(H,30,36)(H,31,34)(H,32,37). The summed E-state index contributed by atoms with van der Waals surface area (Å²) in [6.45, 7) is 2.36. The van der Waals surface area contributed by atoms with Gasteiger partial charge in [-0.05, 0) is 42.3 Å². The Labute approximate surface area is 216 Å². The summed E-state index contributed by atoms with van der Waals surface area (Å²) >= 11 is 5.68. The van der Waals surface area contributed by atoms with Crippen molar-refractivity contribution in [3.05, 3.63) is 76.7 Å². The quantitative estimate of drug-likeness (QED) is 0.195. The Balaban J connectivity index is 1.55. The first-order valence-corrected chi connectivity index (χ1v) is 11.8. The largest absolute Gasteiger partial charge is 0.353 e. The predicted molar refractivity (Wildman–Crippen MR) is 137 cm³/mol. The zero-order valence-corrected chi connectivity index (χ0v) is 20.6. The maximum Gasteiger partial charge on any atom is 0.251 e. The number of halogens is 3. The molecule has 9 nitrogen and oxygen atoms in total. The molecule has 0 bridgehead atoms. The molecule has 4 rings (SSSR count). The van der Waals surface area contributed by atoms with Crippen LogP contribution in [0.5, 0.6) is 0 Å². The fourth-order valence-corrected chi connectivity index (χ4v) is 3.94. The first kappa shape index (κ1) is 26.0. The third-order valence-electron chi connectivity index (χ3n) is 5.65. The summed E-state index contributed by atoms with van der Waals surface area (Å²) in [7, 11) is 0. The van der Waals surface area contributed by atoms with Gasteiger partial charge in [0, 0.05) is 42.3 Å². The number of carbonyl (C=O) groups excluding carboxylic acids is 2. The van der Waals surface area contributed by atoms with Gasteiger partial charge in [0.2, 0.25) is 5.91 Å². The fraction of sp³-hybridized carbons (Fsp3) is 0.200. The Morgan fingerprint density at radius 1 is 1.08 bits per heavy atom. The van der Waals surface area contributed by atoms with Crippen LogP contribution in [0.25, 0.3) is 16.9 Å². The highest BCUT2D eigenvalue weighted by molar-refractivity contribution is 6.30. The average molecular weight is 528 g/mol. The van der Waals surface area contributed by atoms with E-state index in [1.165, 1.54) is 24.5 Å². The number of fused-ring (bicyclic) bond motifs is 1. The number of aryl methyl sites for hydroxylation is 1. The van der Waals surface area contributed by atoms with Crippen molar-refractivity contribution in [2.24, 2.45) is 5.73 Å². The molecule has 2 heterocycles. The maximum atomic E-state index is 14.5. The molecule has 0 saturated carbocycles. The van der Waals surface area contributed by atoms with E-state index < -0.39 is 11.6 Å². The first-order valence-electron chi connectivity index (χ1n) is 11.4. The molecule has 0 radical (unpaired) electrons. The van der Waals surface area contributed by atoms with E-state index in [2.05, 4.69) is 25.9 Å². The smallest absolute Gasteiger partial charge is 0.251 e. The Morgan fingerprint density at radius 3 is 2.62 bits per heavy atom. The van der Waals surface area contributed by atoms with Crippen molar-refractivity contribution < 1.29 is 18.4 Å². The number of rotatable bonds is 9. The molecule has 0 aliphatic rings. The lowest BCUT2D eigenvalue weighted by molar-refractivity contribution is -0.119. The van der Waals surface area contributed by atoms with E-state index in [0.29, 0.717) is 34.8 Å². The zero-order chi connectivity index (χ0) is 26.5. The van der Waals surface area contributed by atoms with E-state index in [1.807, 2.05) is 13.0 Å². The topological polar surface area (TPSA) is 126 Å². The second-order valence-corrected chi connectivity index (χ2v) is 8.40. The number of nitrogens with zero attached hydrogens (tertiary/aromatic N) is 3. The number of nitrogens with one attached hydrogen (secondary N) is 3. The molecular formula is C25H24ClF2N7O2. The SMILES string of the molecule is CCc1cc(Nc2nccn3c(-c4ccc(Cl)c(F)c4F)cnc23)ccc1C(=O)NCCNC(=O)CN. The summed E-state index contributed by atoms with van der Waals surface area (Å²) < 4.78 is 30.2. The van der Waals surface area contributed by atoms with Gasteiger partial charge in [0.25, 0.3) is 5.91 Å². The number of aromatic nitrogens is 3. The fourth-order valence-electron chi connectivity index (χ4n) is 3.80. The van der Waals surface area contributed by atoms with Crippen LogP contribution in [0.2, 0.25) is 5.02 Å². The van der Waals surface area contributed by atoms with Crippen LogP contribution in [0, 0.1) is 11.6 Å². The molecule has 2 aromatic heterocycles. The summed E-state index contributed by atoms with van der Waals surface area (Å²) in [5.74, 6) is -2.36. The van der Waals surface area contributed by atoms with Gasteiger partial charge >= 0.3 is 0 Å². The van der Waals surface area contributed by atoms with Crippen molar-refractivity contribution in [3.8, 4) is 11.3 Å². The molecular weight excluding hydrogens is 504 g/mol. The number of benzene rings is 2. The van der Waals surface area contributed by atoms with E-state index in [-0.39, 0.29) is 42.0 Å². The number of nitrogens with two attached hydrogens (primary N) is 1. The van der Waals surface area contributed by atoms with Crippen LogP contribution in [0.3, 0.4) is 0 Å². The third-order valence-corrected chi connectivity index (χ3v) is 5.94. The molecule has 0 fully saturated rings. The Kier molecular flexibility index (Phi) is 7.95. The molecule has 192 valence electrons. The second kappa shape index (κ2) is 11.3. The number of imidazole rings is 1. The Bertz CT molecular complexity index is 1480. The number of hydrogen-bond acceptors (Lipinski definition) is 6. The van der Waals surface area contributed by atoms with Crippen LogP contribution in [0.15, 0.2) is 48.9 Å². The summed E-state index contributed by atoms with van der Waals surface area (Å²) in [5.41, 5.74) is 7.94.